The summed E-state index contributed by atoms with van der Waals surface area (Å²) in [5, 5.41) is 14.9. The van der Waals surface area contributed by atoms with Gasteiger partial charge in [-0.1, -0.05) is 0 Å². The average Bonchev–Trinajstić information content (AvgIpc) is 2.75. The fourth-order valence-corrected chi connectivity index (χ4v) is 2.40. The van der Waals surface area contributed by atoms with Crippen LogP contribution in [0.2, 0.25) is 0 Å². The number of nitro groups is 1. The van der Waals surface area contributed by atoms with E-state index in [9.17, 15) is 28.1 Å². The molecular weight excluding hydrogens is 417 g/mol. The fraction of sp³-hybridized carbons (Fsp3) is 0.0500. The maximum atomic E-state index is 12.8. The van der Waals surface area contributed by atoms with Gasteiger partial charge in [0.2, 0.25) is 5.75 Å². The Balaban J connectivity index is 1.68. The normalized spacial score (nSPS) is 11.3. The Kier molecular flexibility index (Phi) is 6.24. The van der Waals surface area contributed by atoms with Crippen LogP contribution in [0.1, 0.15) is 21.5 Å². The van der Waals surface area contributed by atoms with Crippen molar-refractivity contribution in [3.05, 3.63) is 93.8 Å². The summed E-state index contributed by atoms with van der Waals surface area (Å²) in [6.07, 6.45) is -0.435. The standard InChI is InChI=1S/C20H13F3N4O4/c21-20(22,23)15-5-8-18(17(10-15)27(29)30)31-16-6-3-13(4-7-16)11-25-26-19(28)14-2-1-9-24-12-14/h1-12H,(H,26,28)/b25-11+. The largest absolute Gasteiger partial charge is 0.450 e. The number of nitro benzene ring substituents is 1. The Morgan fingerprint density at radius 3 is 2.52 bits per heavy atom. The van der Waals surface area contributed by atoms with E-state index in [1.54, 1.807) is 24.3 Å². The van der Waals surface area contributed by atoms with Gasteiger partial charge in [0.25, 0.3) is 5.91 Å². The molecule has 1 amide bonds. The van der Waals surface area contributed by atoms with E-state index in [2.05, 4.69) is 15.5 Å². The number of halogens is 3. The van der Waals surface area contributed by atoms with E-state index < -0.39 is 28.3 Å². The second kappa shape index (κ2) is 9.03. The molecule has 0 saturated heterocycles. The first-order valence-corrected chi connectivity index (χ1v) is 8.61. The predicted octanol–water partition coefficient (Wildman–Crippen LogP) is 4.56. The van der Waals surface area contributed by atoms with Crippen LogP contribution in [-0.2, 0) is 6.18 Å². The van der Waals surface area contributed by atoms with Gasteiger partial charge >= 0.3 is 11.9 Å². The lowest BCUT2D eigenvalue weighted by atomic mass is 10.2. The number of ether oxygens (including phenoxy) is 1. The number of alkyl halides is 3. The van der Waals surface area contributed by atoms with Gasteiger partial charge in [-0.25, -0.2) is 5.43 Å². The van der Waals surface area contributed by atoms with Gasteiger partial charge in [-0.2, -0.15) is 18.3 Å². The van der Waals surface area contributed by atoms with Crippen LogP contribution in [0, 0.1) is 10.1 Å². The molecule has 0 radical (unpaired) electrons. The monoisotopic (exact) mass is 430 g/mol. The minimum absolute atomic E-state index is 0.166. The summed E-state index contributed by atoms with van der Waals surface area (Å²) in [7, 11) is 0. The third-order valence-electron chi connectivity index (χ3n) is 3.89. The zero-order valence-corrected chi connectivity index (χ0v) is 15.5. The highest BCUT2D eigenvalue weighted by molar-refractivity contribution is 5.94. The van der Waals surface area contributed by atoms with E-state index in [0.29, 0.717) is 23.3 Å². The fourth-order valence-electron chi connectivity index (χ4n) is 2.40. The van der Waals surface area contributed by atoms with Crippen molar-refractivity contribution >= 4 is 17.8 Å². The number of carbonyl (C=O) groups excluding carboxylic acids is 1. The van der Waals surface area contributed by atoms with E-state index in [4.69, 9.17) is 4.74 Å². The number of nitrogens with zero attached hydrogens (tertiary/aromatic N) is 3. The Morgan fingerprint density at radius 2 is 1.90 bits per heavy atom. The topological polar surface area (TPSA) is 107 Å². The molecule has 3 aromatic rings. The molecule has 0 fully saturated rings. The highest BCUT2D eigenvalue weighted by Crippen LogP contribution is 2.37. The molecule has 0 bridgehead atoms. The van der Waals surface area contributed by atoms with Crippen LogP contribution in [0.25, 0.3) is 0 Å². The molecule has 1 aromatic heterocycles. The lowest BCUT2D eigenvalue weighted by molar-refractivity contribution is -0.385. The van der Waals surface area contributed by atoms with Crippen molar-refractivity contribution in [2.45, 2.75) is 6.18 Å². The van der Waals surface area contributed by atoms with E-state index in [1.807, 2.05) is 0 Å². The molecule has 0 unspecified atom stereocenters. The summed E-state index contributed by atoms with van der Waals surface area (Å²) in [5.74, 6) is -0.610. The summed E-state index contributed by atoms with van der Waals surface area (Å²) >= 11 is 0. The van der Waals surface area contributed by atoms with E-state index in [1.165, 1.54) is 30.7 Å². The molecule has 158 valence electrons. The molecular formula is C20H13F3N4O4. The number of hydrogen-bond donors (Lipinski definition) is 1. The van der Waals surface area contributed by atoms with Crippen LogP contribution in [0.3, 0.4) is 0 Å². The Bertz CT molecular complexity index is 1120. The number of aromatic nitrogens is 1. The summed E-state index contributed by atoms with van der Waals surface area (Å²) in [4.78, 5) is 25.9. The van der Waals surface area contributed by atoms with Crippen molar-refractivity contribution in [2.24, 2.45) is 5.10 Å². The number of pyridine rings is 1. The third kappa shape index (κ3) is 5.63. The Hall–Kier alpha value is -4.28. The van der Waals surface area contributed by atoms with Gasteiger partial charge < -0.3 is 4.74 Å². The molecule has 11 heteroatoms. The molecule has 0 aliphatic carbocycles. The number of hydrazone groups is 1. The van der Waals surface area contributed by atoms with Crippen LogP contribution in [0.5, 0.6) is 11.5 Å². The van der Waals surface area contributed by atoms with Crippen LogP contribution in [0.4, 0.5) is 18.9 Å². The Labute approximate surface area is 173 Å². The van der Waals surface area contributed by atoms with Crippen LogP contribution in [0.15, 0.2) is 72.1 Å². The number of benzene rings is 2. The summed E-state index contributed by atoms with van der Waals surface area (Å²) in [5.41, 5.74) is 1.28. The number of amides is 1. The van der Waals surface area contributed by atoms with Gasteiger partial charge in [0.15, 0.2) is 0 Å². The van der Waals surface area contributed by atoms with Gasteiger partial charge in [0, 0.05) is 18.5 Å². The first-order chi connectivity index (χ1) is 14.7. The van der Waals surface area contributed by atoms with E-state index in [0.717, 1.165) is 6.07 Å². The highest BCUT2D eigenvalue weighted by atomic mass is 19.4. The van der Waals surface area contributed by atoms with Crippen molar-refractivity contribution in [2.75, 3.05) is 0 Å². The molecule has 2 aromatic carbocycles. The molecule has 1 heterocycles. The summed E-state index contributed by atoms with van der Waals surface area (Å²) in [6.45, 7) is 0. The van der Waals surface area contributed by atoms with Crippen molar-refractivity contribution in [3.8, 4) is 11.5 Å². The van der Waals surface area contributed by atoms with Gasteiger partial charge in [-0.3, -0.25) is 19.9 Å². The maximum absolute atomic E-state index is 12.8. The lowest BCUT2D eigenvalue weighted by Gasteiger charge is -2.10. The SMILES string of the molecule is O=C(N/N=C/c1ccc(Oc2ccc(C(F)(F)F)cc2[N+](=O)[O-])cc1)c1cccnc1. The van der Waals surface area contributed by atoms with Crippen LogP contribution in [-0.4, -0.2) is 22.0 Å². The van der Waals surface area contributed by atoms with E-state index >= 15 is 0 Å². The molecule has 8 nitrogen and oxygen atoms in total. The average molecular weight is 430 g/mol. The van der Waals surface area contributed by atoms with E-state index in [-0.39, 0.29) is 11.5 Å². The lowest BCUT2D eigenvalue weighted by Crippen LogP contribution is -2.17. The molecule has 1 N–H and O–H groups in total. The number of nitrogens with one attached hydrogen (secondary N) is 1. The minimum Gasteiger partial charge on any atom is -0.450 e. The van der Waals surface area contributed by atoms with Crippen molar-refractivity contribution in [1.82, 2.24) is 10.4 Å². The van der Waals surface area contributed by atoms with Gasteiger partial charge in [0.1, 0.15) is 5.75 Å². The zero-order valence-electron chi connectivity index (χ0n) is 15.5. The highest BCUT2D eigenvalue weighted by Gasteiger charge is 2.33. The van der Waals surface area contributed by atoms with Crippen molar-refractivity contribution < 1.29 is 27.6 Å². The summed E-state index contributed by atoms with van der Waals surface area (Å²) in [6, 6.07) is 11.2. The Morgan fingerprint density at radius 1 is 1.16 bits per heavy atom. The quantitative estimate of drug-likeness (QED) is 0.350. The van der Waals surface area contributed by atoms with Crippen LogP contribution < -0.4 is 10.2 Å². The second-order valence-electron chi connectivity index (χ2n) is 6.05. The number of rotatable bonds is 6. The maximum Gasteiger partial charge on any atom is 0.416 e. The molecule has 3 rings (SSSR count). The van der Waals surface area contributed by atoms with Crippen molar-refractivity contribution in [1.29, 1.82) is 0 Å². The first-order valence-electron chi connectivity index (χ1n) is 8.61. The van der Waals surface area contributed by atoms with Gasteiger partial charge in [-0.15, -0.1) is 0 Å². The first kappa shape index (κ1) is 21.4. The minimum atomic E-state index is -4.71. The van der Waals surface area contributed by atoms with Gasteiger partial charge in [0.05, 0.1) is 22.3 Å². The second-order valence-corrected chi connectivity index (χ2v) is 6.05. The number of hydrogen-bond acceptors (Lipinski definition) is 6. The molecule has 0 saturated carbocycles. The smallest absolute Gasteiger partial charge is 0.416 e. The third-order valence-corrected chi connectivity index (χ3v) is 3.89. The molecule has 0 aliphatic rings. The number of carbonyl (C=O) groups is 1. The summed E-state index contributed by atoms with van der Waals surface area (Å²) < 4.78 is 43.7. The molecule has 0 atom stereocenters. The van der Waals surface area contributed by atoms with Gasteiger partial charge in [-0.05, 0) is 54.1 Å². The molecule has 31 heavy (non-hydrogen) atoms. The predicted molar refractivity (Wildman–Crippen MR) is 104 cm³/mol. The molecule has 0 aliphatic heterocycles. The molecule has 0 spiro atoms. The van der Waals surface area contributed by atoms with Crippen LogP contribution >= 0.6 is 0 Å². The zero-order chi connectivity index (χ0) is 22.4. The van der Waals surface area contributed by atoms with Crippen molar-refractivity contribution in [3.63, 3.8) is 0 Å².